The highest BCUT2D eigenvalue weighted by atomic mass is 32.1. The second-order valence-corrected chi connectivity index (χ2v) is 8.35. The summed E-state index contributed by atoms with van der Waals surface area (Å²) in [4.78, 5) is 43.3. The predicted octanol–water partition coefficient (Wildman–Crippen LogP) is 4.07. The van der Waals surface area contributed by atoms with Crippen LogP contribution in [-0.4, -0.2) is 28.0 Å². The van der Waals surface area contributed by atoms with Crippen LogP contribution in [0.1, 0.15) is 51.8 Å². The SMILES string of the molecule is CCOC(=O)c1sc2ncn(C(C)C(=O)Nc3c(C)cc(C)cc3C)c(=O)c2c1C. The number of esters is 1. The number of anilines is 1. The summed E-state index contributed by atoms with van der Waals surface area (Å²) in [6.07, 6.45) is 1.36. The smallest absolute Gasteiger partial charge is 0.348 e. The molecule has 3 aromatic rings. The zero-order valence-electron chi connectivity index (χ0n) is 18.0. The number of hydrogen-bond acceptors (Lipinski definition) is 6. The molecule has 158 valence electrons. The number of ether oxygens (including phenoxy) is 1. The summed E-state index contributed by atoms with van der Waals surface area (Å²) >= 11 is 1.12. The van der Waals surface area contributed by atoms with Gasteiger partial charge in [0.25, 0.3) is 5.56 Å². The molecule has 3 rings (SSSR count). The summed E-state index contributed by atoms with van der Waals surface area (Å²) in [6, 6.07) is 3.22. The topological polar surface area (TPSA) is 90.3 Å². The van der Waals surface area contributed by atoms with Crippen LogP contribution in [0.15, 0.2) is 23.3 Å². The maximum absolute atomic E-state index is 13.1. The van der Waals surface area contributed by atoms with E-state index in [0.29, 0.717) is 20.7 Å². The Morgan fingerprint density at radius 1 is 1.20 bits per heavy atom. The molecule has 8 heteroatoms. The third kappa shape index (κ3) is 3.87. The fourth-order valence-electron chi connectivity index (χ4n) is 3.54. The van der Waals surface area contributed by atoms with Crippen LogP contribution in [0.5, 0.6) is 0 Å². The summed E-state index contributed by atoms with van der Waals surface area (Å²) in [6.45, 7) is 11.2. The highest BCUT2D eigenvalue weighted by Crippen LogP contribution is 2.28. The maximum atomic E-state index is 13.1. The van der Waals surface area contributed by atoms with Gasteiger partial charge < -0.3 is 10.1 Å². The van der Waals surface area contributed by atoms with E-state index in [4.69, 9.17) is 4.74 Å². The first-order valence-corrected chi connectivity index (χ1v) is 10.5. The second-order valence-electron chi connectivity index (χ2n) is 7.35. The first kappa shape index (κ1) is 21.7. The van der Waals surface area contributed by atoms with Gasteiger partial charge in [-0.1, -0.05) is 17.7 Å². The van der Waals surface area contributed by atoms with Crippen molar-refractivity contribution in [3.05, 3.63) is 55.9 Å². The van der Waals surface area contributed by atoms with Crippen LogP contribution in [0.25, 0.3) is 10.2 Å². The minimum absolute atomic E-state index is 0.249. The van der Waals surface area contributed by atoms with E-state index in [1.807, 2.05) is 32.9 Å². The Kier molecular flexibility index (Phi) is 6.07. The number of rotatable bonds is 5. The fraction of sp³-hybridized carbons (Fsp3) is 0.364. The third-order valence-corrected chi connectivity index (χ3v) is 6.24. The van der Waals surface area contributed by atoms with Crippen molar-refractivity contribution in [3.63, 3.8) is 0 Å². The number of carbonyl (C=O) groups excluding carboxylic acids is 2. The number of benzene rings is 1. The van der Waals surface area contributed by atoms with Crippen LogP contribution in [0.3, 0.4) is 0 Å². The van der Waals surface area contributed by atoms with Gasteiger partial charge in [0.2, 0.25) is 5.91 Å². The van der Waals surface area contributed by atoms with Crippen molar-refractivity contribution in [2.75, 3.05) is 11.9 Å². The summed E-state index contributed by atoms with van der Waals surface area (Å²) in [7, 11) is 0. The number of nitrogens with one attached hydrogen (secondary N) is 1. The second kappa shape index (κ2) is 8.39. The maximum Gasteiger partial charge on any atom is 0.348 e. The number of aromatic nitrogens is 2. The van der Waals surface area contributed by atoms with E-state index >= 15 is 0 Å². The van der Waals surface area contributed by atoms with Gasteiger partial charge in [0.15, 0.2) is 0 Å². The molecule has 2 aromatic heterocycles. The molecule has 1 N–H and O–H groups in total. The average molecular weight is 428 g/mol. The van der Waals surface area contributed by atoms with E-state index in [0.717, 1.165) is 33.7 Å². The fourth-order valence-corrected chi connectivity index (χ4v) is 4.57. The van der Waals surface area contributed by atoms with Crippen molar-refractivity contribution in [1.29, 1.82) is 0 Å². The van der Waals surface area contributed by atoms with Crippen molar-refractivity contribution in [3.8, 4) is 0 Å². The number of amides is 1. The molecule has 0 aliphatic heterocycles. The van der Waals surface area contributed by atoms with Gasteiger partial charge in [0, 0.05) is 5.69 Å². The van der Waals surface area contributed by atoms with Crippen molar-refractivity contribution in [1.82, 2.24) is 9.55 Å². The minimum Gasteiger partial charge on any atom is -0.462 e. The van der Waals surface area contributed by atoms with Gasteiger partial charge in [-0.15, -0.1) is 11.3 Å². The zero-order chi connectivity index (χ0) is 22.2. The average Bonchev–Trinajstić information content (AvgIpc) is 3.02. The highest BCUT2D eigenvalue weighted by Gasteiger charge is 2.24. The van der Waals surface area contributed by atoms with Gasteiger partial charge in [-0.05, 0) is 58.2 Å². The molecular weight excluding hydrogens is 402 g/mol. The lowest BCUT2D eigenvalue weighted by molar-refractivity contribution is -0.118. The molecule has 0 saturated heterocycles. The molecule has 0 aliphatic rings. The number of aryl methyl sites for hydroxylation is 4. The number of hydrogen-bond donors (Lipinski definition) is 1. The molecule has 1 atom stereocenters. The van der Waals surface area contributed by atoms with E-state index in [9.17, 15) is 14.4 Å². The summed E-state index contributed by atoms with van der Waals surface area (Å²) < 4.78 is 6.36. The molecule has 0 saturated carbocycles. The minimum atomic E-state index is -0.778. The Hall–Kier alpha value is -3.00. The van der Waals surface area contributed by atoms with Gasteiger partial charge in [-0.3, -0.25) is 14.2 Å². The molecule has 0 radical (unpaired) electrons. The van der Waals surface area contributed by atoms with Gasteiger partial charge in [-0.25, -0.2) is 9.78 Å². The molecule has 0 aliphatic carbocycles. The Bertz CT molecular complexity index is 1190. The molecule has 30 heavy (non-hydrogen) atoms. The van der Waals surface area contributed by atoms with Gasteiger partial charge in [-0.2, -0.15) is 0 Å². The molecular formula is C22H25N3O4S. The van der Waals surface area contributed by atoms with Crippen molar-refractivity contribution in [2.45, 2.75) is 47.6 Å². The van der Waals surface area contributed by atoms with Crippen LogP contribution in [0.2, 0.25) is 0 Å². The van der Waals surface area contributed by atoms with Gasteiger partial charge >= 0.3 is 5.97 Å². The molecule has 7 nitrogen and oxygen atoms in total. The van der Waals surface area contributed by atoms with Crippen molar-refractivity contribution >= 4 is 39.1 Å². The summed E-state index contributed by atoms with van der Waals surface area (Å²) in [5, 5.41) is 3.28. The van der Waals surface area contributed by atoms with E-state index in [1.54, 1.807) is 20.8 Å². The molecule has 1 aromatic carbocycles. The lowest BCUT2D eigenvalue weighted by Crippen LogP contribution is -2.32. The Labute approximate surface area is 178 Å². The lowest BCUT2D eigenvalue weighted by atomic mass is 10.0. The van der Waals surface area contributed by atoms with E-state index in [1.165, 1.54) is 10.9 Å². The predicted molar refractivity (Wildman–Crippen MR) is 119 cm³/mol. The summed E-state index contributed by atoms with van der Waals surface area (Å²) in [5.74, 6) is -0.785. The van der Waals surface area contributed by atoms with E-state index in [-0.39, 0.29) is 18.1 Å². The van der Waals surface area contributed by atoms with Gasteiger partial charge in [0.1, 0.15) is 15.7 Å². The standard InChI is InChI=1S/C22H25N3O4S/c1-7-29-22(28)18-14(5)16-20(30-18)23-10-25(21(16)27)15(6)19(26)24-17-12(3)8-11(2)9-13(17)4/h8-10,15H,7H2,1-6H3,(H,24,26). The largest absolute Gasteiger partial charge is 0.462 e. The number of carbonyl (C=O) groups is 2. The first-order chi connectivity index (χ1) is 14.1. The van der Waals surface area contributed by atoms with E-state index in [2.05, 4.69) is 10.3 Å². The Morgan fingerprint density at radius 3 is 2.43 bits per heavy atom. The number of fused-ring (bicyclic) bond motifs is 1. The Balaban J connectivity index is 1.97. The highest BCUT2D eigenvalue weighted by molar-refractivity contribution is 7.20. The van der Waals surface area contributed by atoms with Crippen molar-refractivity contribution < 1.29 is 14.3 Å². The molecule has 1 unspecified atom stereocenters. The van der Waals surface area contributed by atoms with E-state index < -0.39 is 12.0 Å². The number of nitrogens with zero attached hydrogens (tertiary/aromatic N) is 2. The zero-order valence-corrected chi connectivity index (χ0v) is 18.8. The van der Waals surface area contributed by atoms with Crippen LogP contribution >= 0.6 is 11.3 Å². The van der Waals surface area contributed by atoms with Crippen LogP contribution in [0.4, 0.5) is 5.69 Å². The molecule has 1 amide bonds. The normalized spacial score (nSPS) is 12.1. The Morgan fingerprint density at radius 2 is 1.83 bits per heavy atom. The third-order valence-electron chi connectivity index (χ3n) is 5.06. The molecule has 0 bridgehead atoms. The monoisotopic (exact) mass is 427 g/mol. The molecule has 0 spiro atoms. The quantitative estimate of drug-likeness (QED) is 0.620. The lowest BCUT2D eigenvalue weighted by Gasteiger charge is -2.18. The summed E-state index contributed by atoms with van der Waals surface area (Å²) in [5.41, 5.74) is 3.95. The van der Waals surface area contributed by atoms with Crippen molar-refractivity contribution in [2.24, 2.45) is 0 Å². The van der Waals surface area contributed by atoms with Crippen LogP contribution in [-0.2, 0) is 9.53 Å². The molecule has 0 fully saturated rings. The van der Waals surface area contributed by atoms with Gasteiger partial charge in [0.05, 0.1) is 18.3 Å². The van der Waals surface area contributed by atoms with Crippen LogP contribution in [0, 0.1) is 27.7 Å². The number of thiophene rings is 1. The first-order valence-electron chi connectivity index (χ1n) is 9.71. The van der Waals surface area contributed by atoms with Crippen LogP contribution < -0.4 is 10.9 Å². The molecule has 2 heterocycles.